The molecule has 0 saturated carbocycles. The van der Waals surface area contributed by atoms with Crippen molar-refractivity contribution in [2.24, 2.45) is 0 Å². The second-order valence-corrected chi connectivity index (χ2v) is 5.13. The number of benzene rings is 3. The van der Waals surface area contributed by atoms with E-state index >= 15 is 0 Å². The smallest absolute Gasteiger partial charge is 0.252 e. The zero-order valence-electron chi connectivity index (χ0n) is 11.9. The van der Waals surface area contributed by atoms with E-state index in [0.29, 0.717) is 0 Å². The Morgan fingerprint density at radius 2 is 1.52 bits per heavy atom. The van der Waals surface area contributed by atoms with Gasteiger partial charge in [-0.25, -0.2) is 0 Å². The fourth-order valence-corrected chi connectivity index (χ4v) is 2.52. The number of fused-ring (bicyclic) bond motifs is 1. The van der Waals surface area contributed by atoms with Gasteiger partial charge in [-0.1, -0.05) is 66.7 Å². The zero-order chi connectivity index (χ0) is 14.7. The van der Waals surface area contributed by atoms with Crippen molar-refractivity contribution in [1.82, 2.24) is 5.32 Å². The third-order valence-electron chi connectivity index (χ3n) is 3.68. The molecule has 104 valence electrons. The van der Waals surface area contributed by atoms with Crippen LogP contribution in [0.5, 0.6) is 0 Å². The van der Waals surface area contributed by atoms with Crippen LogP contribution in [-0.2, 0) is 0 Å². The van der Waals surface area contributed by atoms with E-state index < -0.39 is 0 Å². The molecule has 0 aliphatic carbocycles. The monoisotopic (exact) mass is 275 g/mol. The lowest BCUT2D eigenvalue weighted by atomic mass is 10.0. The van der Waals surface area contributed by atoms with Crippen molar-refractivity contribution in [3.8, 4) is 0 Å². The first-order valence-corrected chi connectivity index (χ1v) is 7.09. The molecule has 1 N–H and O–H groups in total. The van der Waals surface area contributed by atoms with Crippen LogP contribution in [0.2, 0.25) is 0 Å². The van der Waals surface area contributed by atoms with E-state index in [4.69, 9.17) is 0 Å². The molecule has 0 aliphatic rings. The van der Waals surface area contributed by atoms with Crippen LogP contribution in [0.25, 0.3) is 10.8 Å². The van der Waals surface area contributed by atoms with Crippen molar-refractivity contribution in [3.63, 3.8) is 0 Å². The lowest BCUT2D eigenvalue weighted by molar-refractivity contribution is 0.0941. The van der Waals surface area contributed by atoms with Crippen molar-refractivity contribution in [2.75, 3.05) is 0 Å². The van der Waals surface area contributed by atoms with E-state index in [2.05, 4.69) is 5.32 Å². The quantitative estimate of drug-likeness (QED) is 0.757. The van der Waals surface area contributed by atoms with Gasteiger partial charge in [0.15, 0.2) is 0 Å². The van der Waals surface area contributed by atoms with Gasteiger partial charge in [0, 0.05) is 5.56 Å². The SMILES string of the molecule is C[C@@H](NC(=O)c1cccc2ccccc12)c1ccccc1. The van der Waals surface area contributed by atoms with E-state index in [-0.39, 0.29) is 11.9 Å². The van der Waals surface area contributed by atoms with Crippen LogP contribution in [0.15, 0.2) is 72.8 Å². The second-order valence-electron chi connectivity index (χ2n) is 5.13. The van der Waals surface area contributed by atoms with E-state index in [1.807, 2.05) is 79.7 Å². The Hall–Kier alpha value is -2.61. The van der Waals surface area contributed by atoms with Gasteiger partial charge in [-0.2, -0.15) is 0 Å². The van der Waals surface area contributed by atoms with Gasteiger partial charge in [-0.05, 0) is 29.3 Å². The summed E-state index contributed by atoms with van der Waals surface area (Å²) in [5.74, 6) is -0.0387. The molecule has 0 heterocycles. The average molecular weight is 275 g/mol. The molecule has 1 amide bonds. The van der Waals surface area contributed by atoms with Crippen molar-refractivity contribution in [1.29, 1.82) is 0 Å². The minimum atomic E-state index is -0.0387. The summed E-state index contributed by atoms with van der Waals surface area (Å²) in [6.45, 7) is 2.00. The zero-order valence-corrected chi connectivity index (χ0v) is 11.9. The number of hydrogen-bond donors (Lipinski definition) is 1. The highest BCUT2D eigenvalue weighted by molar-refractivity contribution is 6.07. The van der Waals surface area contributed by atoms with Gasteiger partial charge in [-0.3, -0.25) is 4.79 Å². The Bertz CT molecular complexity index is 759. The molecule has 2 heteroatoms. The number of hydrogen-bond acceptors (Lipinski definition) is 1. The Labute approximate surface area is 124 Å². The summed E-state index contributed by atoms with van der Waals surface area (Å²) in [5, 5.41) is 5.13. The maximum Gasteiger partial charge on any atom is 0.252 e. The highest BCUT2D eigenvalue weighted by Gasteiger charge is 2.13. The molecule has 3 aromatic carbocycles. The summed E-state index contributed by atoms with van der Waals surface area (Å²) in [7, 11) is 0. The summed E-state index contributed by atoms with van der Waals surface area (Å²) in [6, 6.07) is 23.7. The first-order chi connectivity index (χ1) is 10.3. The average Bonchev–Trinajstić information content (AvgIpc) is 2.55. The highest BCUT2D eigenvalue weighted by Crippen LogP contribution is 2.19. The molecule has 0 saturated heterocycles. The fraction of sp³-hybridized carbons (Fsp3) is 0.105. The number of amides is 1. The lowest BCUT2D eigenvalue weighted by Crippen LogP contribution is -2.26. The summed E-state index contributed by atoms with van der Waals surface area (Å²) >= 11 is 0. The standard InChI is InChI=1S/C19H17NO/c1-14(15-8-3-2-4-9-15)20-19(21)18-13-7-11-16-10-5-6-12-17(16)18/h2-14H,1H3,(H,20,21)/t14-/m1/s1. The molecule has 1 atom stereocenters. The molecule has 3 aromatic rings. The molecule has 0 aliphatic heterocycles. The van der Waals surface area contributed by atoms with Gasteiger partial charge in [-0.15, -0.1) is 0 Å². The third kappa shape index (κ3) is 2.79. The van der Waals surface area contributed by atoms with Crippen LogP contribution < -0.4 is 5.32 Å². The first-order valence-electron chi connectivity index (χ1n) is 7.09. The van der Waals surface area contributed by atoms with E-state index in [0.717, 1.165) is 21.9 Å². The number of nitrogens with one attached hydrogen (secondary N) is 1. The molecule has 0 radical (unpaired) electrons. The molecular weight excluding hydrogens is 258 g/mol. The molecule has 2 nitrogen and oxygen atoms in total. The van der Waals surface area contributed by atoms with Gasteiger partial charge in [0.2, 0.25) is 0 Å². The summed E-state index contributed by atoms with van der Waals surface area (Å²) in [4.78, 5) is 12.5. The van der Waals surface area contributed by atoms with Crippen molar-refractivity contribution < 1.29 is 4.79 Å². The van der Waals surface area contributed by atoms with Crippen LogP contribution in [0, 0.1) is 0 Å². The number of carbonyl (C=O) groups excluding carboxylic acids is 1. The minimum absolute atomic E-state index is 0.0160. The van der Waals surface area contributed by atoms with E-state index in [9.17, 15) is 4.79 Å². The number of carbonyl (C=O) groups is 1. The normalized spacial score (nSPS) is 12.0. The Balaban J connectivity index is 1.88. The van der Waals surface area contributed by atoms with Crippen molar-refractivity contribution in [3.05, 3.63) is 83.9 Å². The van der Waals surface area contributed by atoms with Gasteiger partial charge in [0.1, 0.15) is 0 Å². The summed E-state index contributed by atoms with van der Waals surface area (Å²) in [6.07, 6.45) is 0. The fourth-order valence-electron chi connectivity index (χ4n) is 2.52. The Morgan fingerprint density at radius 1 is 0.857 bits per heavy atom. The van der Waals surface area contributed by atoms with E-state index in [1.54, 1.807) is 0 Å². The highest BCUT2D eigenvalue weighted by atomic mass is 16.1. The Morgan fingerprint density at radius 3 is 2.33 bits per heavy atom. The molecule has 0 spiro atoms. The maximum atomic E-state index is 12.5. The van der Waals surface area contributed by atoms with Crippen LogP contribution in [0.3, 0.4) is 0 Å². The maximum absolute atomic E-state index is 12.5. The topological polar surface area (TPSA) is 29.1 Å². The van der Waals surface area contributed by atoms with Gasteiger partial charge in [0.25, 0.3) is 5.91 Å². The van der Waals surface area contributed by atoms with Gasteiger partial charge >= 0.3 is 0 Å². The Kier molecular flexibility index (Phi) is 3.69. The van der Waals surface area contributed by atoms with E-state index in [1.165, 1.54) is 0 Å². The lowest BCUT2D eigenvalue weighted by Gasteiger charge is -2.15. The van der Waals surface area contributed by atoms with Crippen LogP contribution in [0.1, 0.15) is 28.9 Å². The summed E-state index contributed by atoms with van der Waals surface area (Å²) < 4.78 is 0. The predicted molar refractivity (Wildman–Crippen MR) is 86.3 cm³/mol. The molecular formula is C19H17NO. The van der Waals surface area contributed by atoms with Crippen molar-refractivity contribution in [2.45, 2.75) is 13.0 Å². The molecule has 3 rings (SSSR count). The second kappa shape index (κ2) is 5.80. The summed E-state index contributed by atoms with van der Waals surface area (Å²) in [5.41, 5.74) is 1.82. The van der Waals surface area contributed by atoms with Crippen LogP contribution in [-0.4, -0.2) is 5.91 Å². The first kappa shape index (κ1) is 13.4. The number of rotatable bonds is 3. The molecule has 0 bridgehead atoms. The largest absolute Gasteiger partial charge is 0.345 e. The van der Waals surface area contributed by atoms with Crippen LogP contribution in [0.4, 0.5) is 0 Å². The predicted octanol–water partition coefficient (Wildman–Crippen LogP) is 4.33. The molecule has 0 aromatic heterocycles. The van der Waals surface area contributed by atoms with Gasteiger partial charge in [0.05, 0.1) is 6.04 Å². The van der Waals surface area contributed by atoms with Crippen molar-refractivity contribution >= 4 is 16.7 Å². The van der Waals surface area contributed by atoms with Crippen LogP contribution >= 0.6 is 0 Å². The molecule has 0 fully saturated rings. The minimum Gasteiger partial charge on any atom is -0.345 e. The molecule has 0 unspecified atom stereocenters. The molecule has 21 heavy (non-hydrogen) atoms. The third-order valence-corrected chi connectivity index (χ3v) is 3.68. The van der Waals surface area contributed by atoms with Gasteiger partial charge < -0.3 is 5.32 Å².